The zero-order valence-electron chi connectivity index (χ0n) is 21.0. The first-order valence-corrected chi connectivity index (χ1v) is 13.5. The predicted octanol–water partition coefficient (Wildman–Crippen LogP) is -0.547. The van der Waals surface area contributed by atoms with Gasteiger partial charge in [0.05, 0.1) is 30.8 Å². The number of esters is 1. The number of fused-ring (bicyclic) bond motifs is 1. The van der Waals surface area contributed by atoms with Gasteiger partial charge < -0.3 is 44.8 Å². The monoisotopic (exact) mass is 512 g/mol. The molecule has 204 valence electrons. The molecule has 36 heavy (non-hydrogen) atoms. The highest BCUT2D eigenvalue weighted by Crippen LogP contribution is 2.76. The van der Waals surface area contributed by atoms with Crippen LogP contribution in [0.15, 0.2) is 0 Å². The van der Waals surface area contributed by atoms with Gasteiger partial charge in [-0.2, -0.15) is 0 Å². The van der Waals surface area contributed by atoms with Crippen molar-refractivity contribution >= 4 is 5.97 Å². The fourth-order valence-corrected chi connectivity index (χ4v) is 10.1. The van der Waals surface area contributed by atoms with E-state index in [0.717, 1.165) is 38.5 Å². The summed E-state index contributed by atoms with van der Waals surface area (Å²) >= 11 is 0. The van der Waals surface area contributed by atoms with Crippen molar-refractivity contribution in [3.63, 3.8) is 0 Å². The molecule has 6 N–H and O–H groups in total. The lowest BCUT2D eigenvalue weighted by Gasteiger charge is -2.66. The molecular weight excluding hydrogens is 472 g/mol. The molecule has 7 fully saturated rings. The van der Waals surface area contributed by atoms with E-state index in [1.54, 1.807) is 0 Å². The van der Waals surface area contributed by atoms with Crippen molar-refractivity contribution in [2.75, 3.05) is 13.2 Å². The number of rotatable bonds is 4. The van der Waals surface area contributed by atoms with E-state index in [0.29, 0.717) is 6.42 Å². The minimum absolute atomic E-state index is 0.0520. The van der Waals surface area contributed by atoms with Crippen LogP contribution in [0.5, 0.6) is 0 Å². The van der Waals surface area contributed by atoms with Gasteiger partial charge in [-0.1, -0.05) is 13.3 Å². The summed E-state index contributed by atoms with van der Waals surface area (Å²) in [4.78, 5) is 13.8. The Balaban J connectivity index is 1.28. The van der Waals surface area contributed by atoms with Crippen LogP contribution in [0.3, 0.4) is 0 Å². The van der Waals surface area contributed by atoms with Gasteiger partial charge in [0.2, 0.25) is 6.29 Å². The van der Waals surface area contributed by atoms with Crippen LogP contribution in [0.4, 0.5) is 0 Å². The first-order chi connectivity index (χ1) is 17.0. The molecule has 4 bridgehead atoms. The second-order valence-corrected chi connectivity index (χ2v) is 13.0. The molecule has 10 heteroatoms. The first kappa shape index (κ1) is 25.4. The van der Waals surface area contributed by atoms with Gasteiger partial charge in [0.1, 0.15) is 30.0 Å². The third-order valence-corrected chi connectivity index (χ3v) is 11.6. The quantitative estimate of drug-likeness (QED) is 0.269. The number of hydrogen-bond acceptors (Lipinski definition) is 10. The molecule has 4 saturated carbocycles. The van der Waals surface area contributed by atoms with E-state index in [4.69, 9.17) is 14.2 Å². The summed E-state index contributed by atoms with van der Waals surface area (Å²) in [5.41, 5.74) is -2.35. The number of aliphatic hydroxyl groups excluding tert-OH is 6. The molecule has 0 unspecified atom stereocenters. The van der Waals surface area contributed by atoms with Crippen LogP contribution in [0.25, 0.3) is 0 Å². The highest BCUT2D eigenvalue weighted by Gasteiger charge is 2.79. The van der Waals surface area contributed by atoms with Crippen LogP contribution >= 0.6 is 0 Å². The van der Waals surface area contributed by atoms with E-state index < -0.39 is 60.4 Å². The van der Waals surface area contributed by atoms with Crippen LogP contribution in [0, 0.1) is 34.0 Å². The van der Waals surface area contributed by atoms with E-state index in [9.17, 15) is 35.4 Å². The molecule has 3 heterocycles. The zero-order valence-corrected chi connectivity index (χ0v) is 21.0. The Morgan fingerprint density at radius 3 is 2.44 bits per heavy atom. The van der Waals surface area contributed by atoms with Crippen molar-refractivity contribution in [3.05, 3.63) is 0 Å². The summed E-state index contributed by atoms with van der Waals surface area (Å²) in [5.74, 6) is -0.357. The molecule has 0 amide bonds. The van der Waals surface area contributed by atoms with Gasteiger partial charge in [-0.3, -0.25) is 4.79 Å². The van der Waals surface area contributed by atoms with E-state index in [1.165, 1.54) is 0 Å². The molecule has 3 aliphatic heterocycles. The molecule has 7 aliphatic rings. The predicted molar refractivity (Wildman–Crippen MR) is 122 cm³/mol. The largest absolute Gasteiger partial charge is 0.432 e. The van der Waals surface area contributed by atoms with Crippen molar-refractivity contribution in [1.82, 2.24) is 0 Å². The van der Waals surface area contributed by atoms with Crippen molar-refractivity contribution in [3.8, 4) is 0 Å². The second-order valence-electron chi connectivity index (χ2n) is 13.0. The smallest absolute Gasteiger partial charge is 0.314 e. The summed E-state index contributed by atoms with van der Waals surface area (Å²) in [6, 6.07) is 0. The lowest BCUT2D eigenvalue weighted by molar-refractivity contribution is -0.302. The maximum atomic E-state index is 13.8. The van der Waals surface area contributed by atoms with Crippen molar-refractivity contribution in [2.45, 2.75) is 107 Å². The van der Waals surface area contributed by atoms with Crippen molar-refractivity contribution in [2.24, 2.45) is 34.0 Å². The normalized spacial score (nSPS) is 59.4. The Morgan fingerprint density at radius 1 is 1.03 bits per heavy atom. The molecule has 0 aromatic heterocycles. The highest BCUT2D eigenvalue weighted by molar-refractivity contribution is 5.77. The third-order valence-electron chi connectivity index (χ3n) is 11.6. The van der Waals surface area contributed by atoms with E-state index in [-0.39, 0.29) is 41.3 Å². The summed E-state index contributed by atoms with van der Waals surface area (Å²) in [6.45, 7) is 3.35. The Hall–Kier alpha value is -0.850. The zero-order chi connectivity index (χ0) is 25.8. The maximum Gasteiger partial charge on any atom is 0.314 e. The first-order valence-electron chi connectivity index (χ1n) is 13.5. The van der Waals surface area contributed by atoms with Gasteiger partial charge in [0, 0.05) is 5.41 Å². The average molecular weight is 513 g/mol. The molecular formula is C26H40O10. The van der Waals surface area contributed by atoms with Crippen molar-refractivity contribution in [1.29, 1.82) is 0 Å². The molecule has 14 atom stereocenters. The Morgan fingerprint density at radius 2 is 1.78 bits per heavy atom. The fraction of sp³-hybridized carbons (Fsp3) is 0.962. The summed E-state index contributed by atoms with van der Waals surface area (Å²) in [6.07, 6.45) is -2.80. The molecule has 1 spiro atoms. The van der Waals surface area contributed by atoms with Crippen LogP contribution in [-0.4, -0.2) is 98.3 Å². The van der Waals surface area contributed by atoms with Crippen LogP contribution in [0.2, 0.25) is 0 Å². The number of carbonyl (C=O) groups excluding carboxylic acids is 1. The molecule has 0 aromatic carbocycles. The topological polar surface area (TPSA) is 166 Å². The van der Waals surface area contributed by atoms with Gasteiger partial charge >= 0.3 is 5.97 Å². The second kappa shape index (κ2) is 8.08. The Kier molecular flexibility index (Phi) is 5.71. The van der Waals surface area contributed by atoms with Gasteiger partial charge in [-0.05, 0) is 68.6 Å². The molecule has 0 radical (unpaired) electrons. The number of ether oxygens (including phenoxy) is 3. The lowest BCUT2D eigenvalue weighted by Crippen LogP contribution is -2.68. The third kappa shape index (κ3) is 2.93. The molecule has 10 nitrogen and oxygen atoms in total. The Labute approximate surface area is 210 Å². The van der Waals surface area contributed by atoms with Crippen LogP contribution < -0.4 is 0 Å². The maximum absolute atomic E-state index is 13.8. The van der Waals surface area contributed by atoms with Crippen molar-refractivity contribution < 1.29 is 49.6 Å². The lowest BCUT2D eigenvalue weighted by atomic mass is 9.40. The van der Waals surface area contributed by atoms with Gasteiger partial charge in [0.25, 0.3) is 0 Å². The summed E-state index contributed by atoms with van der Waals surface area (Å²) in [5, 5.41) is 61.8. The number of aliphatic hydroxyl groups is 6. The van der Waals surface area contributed by atoms with Gasteiger partial charge in [0.15, 0.2) is 0 Å². The van der Waals surface area contributed by atoms with E-state index in [1.807, 2.05) is 6.92 Å². The molecule has 4 aliphatic carbocycles. The molecule has 3 saturated heterocycles. The minimum atomic E-state index is -1.64. The van der Waals surface area contributed by atoms with Gasteiger partial charge in [-0.15, -0.1) is 0 Å². The minimum Gasteiger partial charge on any atom is -0.432 e. The number of hydrogen-bond donors (Lipinski definition) is 6. The standard InChI is InChI=1S/C26H40O10/c1-23-5-3-6-24(2,22(33)35-20-18(31)17(30)16(29)14(10-27)34-20)15(23)4-7-25-9-12-8-13(19(23)25)36-26(12,11-28)21(25)32/h12-21,27-32H,3-11H2,1-2H3/t12-,13-,14+,15-,16+,17-,18+,19-,20-,21-,23+,24+,25+,26+/m0/s1. The fourth-order valence-electron chi connectivity index (χ4n) is 10.1. The highest BCUT2D eigenvalue weighted by atomic mass is 16.7. The van der Waals surface area contributed by atoms with E-state index >= 15 is 0 Å². The Bertz CT molecular complexity index is 913. The van der Waals surface area contributed by atoms with Crippen LogP contribution in [0.1, 0.15) is 58.8 Å². The summed E-state index contributed by atoms with van der Waals surface area (Å²) < 4.78 is 17.6. The molecule has 7 rings (SSSR count). The molecule has 0 aromatic rings. The average Bonchev–Trinajstić information content (AvgIpc) is 3.23. The SMILES string of the molecule is C[C@@]12CCC[C@@](C)(C(=O)O[C@@H]3O[C@H](CO)[C@@H](O)[C@H](O)[C@H]3O)[C@H]1CC[C@]13C[C@@H]4C[C@H](O[C@@]4(CO)[C@H]1O)[C@@H]23. The van der Waals surface area contributed by atoms with Crippen LogP contribution in [-0.2, 0) is 19.0 Å². The number of carbonyl (C=O) groups is 1. The summed E-state index contributed by atoms with van der Waals surface area (Å²) in [7, 11) is 0. The van der Waals surface area contributed by atoms with E-state index in [2.05, 4.69) is 6.92 Å². The van der Waals surface area contributed by atoms with Gasteiger partial charge in [-0.25, -0.2) is 0 Å².